The van der Waals surface area contributed by atoms with Crippen molar-refractivity contribution in [3.8, 4) is 5.75 Å². The topological polar surface area (TPSA) is 24.5 Å². The van der Waals surface area contributed by atoms with E-state index in [-0.39, 0.29) is 0 Å². The maximum absolute atomic E-state index is 5.76. The van der Waals surface area contributed by atoms with Gasteiger partial charge in [0.25, 0.3) is 0 Å². The summed E-state index contributed by atoms with van der Waals surface area (Å²) in [6.07, 6.45) is 2.17. The Bertz CT molecular complexity index is 413. The second kappa shape index (κ2) is 8.40. The number of rotatable bonds is 7. The maximum Gasteiger partial charge on any atom is 0.119 e. The molecular formula is C18H30N2O. The first-order valence-corrected chi connectivity index (χ1v) is 8.37. The van der Waals surface area contributed by atoms with Crippen molar-refractivity contribution in [2.45, 2.75) is 39.7 Å². The molecule has 1 aromatic carbocycles. The maximum atomic E-state index is 5.76. The van der Waals surface area contributed by atoms with Crippen molar-refractivity contribution in [1.29, 1.82) is 0 Å². The quantitative estimate of drug-likeness (QED) is 0.835. The lowest BCUT2D eigenvalue weighted by Crippen LogP contribution is -2.50. The lowest BCUT2D eigenvalue weighted by molar-refractivity contribution is 0.136. The van der Waals surface area contributed by atoms with E-state index in [1.807, 2.05) is 0 Å². The van der Waals surface area contributed by atoms with E-state index < -0.39 is 0 Å². The minimum absolute atomic E-state index is 0.619. The first-order chi connectivity index (χ1) is 10.2. The Labute approximate surface area is 129 Å². The minimum atomic E-state index is 0.619. The molecule has 0 aromatic heterocycles. The summed E-state index contributed by atoms with van der Waals surface area (Å²) in [6.45, 7) is 12.2. The van der Waals surface area contributed by atoms with Gasteiger partial charge in [-0.2, -0.15) is 0 Å². The summed E-state index contributed by atoms with van der Waals surface area (Å²) < 4.78 is 5.76. The zero-order valence-electron chi connectivity index (χ0n) is 13.8. The van der Waals surface area contributed by atoms with E-state index in [1.165, 1.54) is 5.56 Å². The predicted molar refractivity (Wildman–Crippen MR) is 89.0 cm³/mol. The van der Waals surface area contributed by atoms with Crippen LogP contribution in [0.3, 0.4) is 0 Å². The number of nitrogens with one attached hydrogen (secondary N) is 1. The molecule has 0 aliphatic carbocycles. The lowest BCUT2D eigenvalue weighted by atomic mass is 9.94. The number of hydrogen-bond donors (Lipinski definition) is 1. The molecule has 2 rings (SSSR count). The second-order valence-corrected chi connectivity index (χ2v) is 6.30. The molecule has 0 radical (unpaired) electrons. The van der Waals surface area contributed by atoms with Gasteiger partial charge < -0.3 is 10.1 Å². The van der Waals surface area contributed by atoms with Gasteiger partial charge in [0, 0.05) is 32.2 Å². The zero-order chi connectivity index (χ0) is 15.1. The van der Waals surface area contributed by atoms with E-state index in [0.29, 0.717) is 12.0 Å². The first-order valence-electron chi connectivity index (χ1n) is 8.37. The molecule has 0 bridgehead atoms. The Morgan fingerprint density at radius 2 is 2.00 bits per heavy atom. The monoisotopic (exact) mass is 290 g/mol. The van der Waals surface area contributed by atoms with Crippen LogP contribution in [0.2, 0.25) is 0 Å². The molecule has 1 heterocycles. The molecule has 1 N–H and O–H groups in total. The van der Waals surface area contributed by atoms with Crippen LogP contribution in [0, 0.1) is 5.92 Å². The van der Waals surface area contributed by atoms with Gasteiger partial charge in [0.2, 0.25) is 0 Å². The Kier molecular flexibility index (Phi) is 6.52. The van der Waals surface area contributed by atoms with Crippen molar-refractivity contribution >= 4 is 0 Å². The minimum Gasteiger partial charge on any atom is -0.494 e. The number of ether oxygens (including phenoxy) is 1. The van der Waals surface area contributed by atoms with E-state index in [4.69, 9.17) is 4.74 Å². The molecule has 1 unspecified atom stereocenters. The van der Waals surface area contributed by atoms with E-state index in [2.05, 4.69) is 55.3 Å². The number of benzene rings is 1. The van der Waals surface area contributed by atoms with Crippen LogP contribution < -0.4 is 10.1 Å². The molecule has 1 aliphatic rings. The molecule has 21 heavy (non-hydrogen) atoms. The summed E-state index contributed by atoms with van der Waals surface area (Å²) in [4.78, 5) is 2.64. The lowest BCUT2D eigenvalue weighted by Gasteiger charge is -2.37. The Morgan fingerprint density at radius 1 is 1.24 bits per heavy atom. The fraction of sp³-hybridized carbons (Fsp3) is 0.667. The van der Waals surface area contributed by atoms with Gasteiger partial charge in [0.1, 0.15) is 5.75 Å². The molecule has 1 fully saturated rings. The summed E-state index contributed by atoms with van der Waals surface area (Å²) in [5.74, 6) is 1.68. The predicted octanol–water partition coefficient (Wildman–Crippen LogP) is 2.95. The van der Waals surface area contributed by atoms with Crippen LogP contribution in [0.4, 0.5) is 0 Å². The fourth-order valence-corrected chi connectivity index (χ4v) is 3.02. The van der Waals surface area contributed by atoms with Crippen LogP contribution in [0.15, 0.2) is 24.3 Å². The number of nitrogens with zero attached hydrogens (tertiary/aromatic N) is 1. The SMILES string of the molecule is CCCOc1cccc(CC(C(C)C)N2CCNCC2)c1. The van der Waals surface area contributed by atoms with Crippen molar-refractivity contribution in [3.05, 3.63) is 29.8 Å². The van der Waals surface area contributed by atoms with Crippen molar-refractivity contribution in [2.24, 2.45) is 5.92 Å². The summed E-state index contributed by atoms with van der Waals surface area (Å²) in [6, 6.07) is 9.25. The van der Waals surface area contributed by atoms with Crippen molar-refractivity contribution in [1.82, 2.24) is 10.2 Å². The summed E-state index contributed by atoms with van der Waals surface area (Å²) in [5.41, 5.74) is 1.39. The molecule has 0 amide bonds. The van der Waals surface area contributed by atoms with Gasteiger partial charge in [-0.05, 0) is 36.5 Å². The number of piperazine rings is 1. The molecule has 1 aromatic rings. The summed E-state index contributed by atoms with van der Waals surface area (Å²) in [7, 11) is 0. The highest BCUT2D eigenvalue weighted by molar-refractivity contribution is 5.29. The van der Waals surface area contributed by atoms with Gasteiger partial charge in [-0.15, -0.1) is 0 Å². The second-order valence-electron chi connectivity index (χ2n) is 6.30. The van der Waals surface area contributed by atoms with Gasteiger partial charge in [-0.1, -0.05) is 32.9 Å². The third-order valence-corrected chi connectivity index (χ3v) is 4.21. The van der Waals surface area contributed by atoms with Crippen LogP contribution in [0.1, 0.15) is 32.8 Å². The van der Waals surface area contributed by atoms with Crippen LogP contribution in [0.5, 0.6) is 5.75 Å². The summed E-state index contributed by atoms with van der Waals surface area (Å²) >= 11 is 0. The fourth-order valence-electron chi connectivity index (χ4n) is 3.02. The average Bonchev–Trinajstić information content (AvgIpc) is 2.51. The first kappa shape index (κ1) is 16.3. The molecule has 0 spiro atoms. The molecule has 1 saturated heterocycles. The van der Waals surface area contributed by atoms with Crippen molar-refractivity contribution in [2.75, 3.05) is 32.8 Å². The molecule has 1 aliphatic heterocycles. The van der Waals surface area contributed by atoms with E-state index in [1.54, 1.807) is 0 Å². The Morgan fingerprint density at radius 3 is 2.67 bits per heavy atom. The van der Waals surface area contributed by atoms with Gasteiger partial charge in [0.15, 0.2) is 0 Å². The third kappa shape index (κ3) is 5.01. The van der Waals surface area contributed by atoms with E-state index in [9.17, 15) is 0 Å². The van der Waals surface area contributed by atoms with Gasteiger partial charge in [-0.3, -0.25) is 4.90 Å². The smallest absolute Gasteiger partial charge is 0.119 e. The molecule has 3 nitrogen and oxygen atoms in total. The largest absolute Gasteiger partial charge is 0.494 e. The highest BCUT2D eigenvalue weighted by Crippen LogP contribution is 2.20. The van der Waals surface area contributed by atoms with Crippen molar-refractivity contribution in [3.63, 3.8) is 0 Å². The van der Waals surface area contributed by atoms with Crippen LogP contribution in [0.25, 0.3) is 0 Å². The number of hydrogen-bond acceptors (Lipinski definition) is 3. The molecule has 0 saturated carbocycles. The third-order valence-electron chi connectivity index (χ3n) is 4.21. The van der Waals surface area contributed by atoms with Gasteiger partial charge >= 0.3 is 0 Å². The zero-order valence-corrected chi connectivity index (χ0v) is 13.8. The average molecular weight is 290 g/mol. The highest BCUT2D eigenvalue weighted by Gasteiger charge is 2.23. The standard InChI is InChI=1S/C18H30N2O/c1-4-12-21-17-7-5-6-16(13-17)14-18(15(2)3)20-10-8-19-9-11-20/h5-7,13,15,18-19H,4,8-12,14H2,1-3H3. The van der Waals surface area contributed by atoms with Crippen LogP contribution in [-0.2, 0) is 6.42 Å². The molecule has 3 heteroatoms. The summed E-state index contributed by atoms with van der Waals surface area (Å²) in [5, 5.41) is 3.44. The van der Waals surface area contributed by atoms with Gasteiger partial charge in [0.05, 0.1) is 6.61 Å². The van der Waals surface area contributed by atoms with Crippen LogP contribution >= 0.6 is 0 Å². The Balaban J connectivity index is 2.02. The van der Waals surface area contributed by atoms with Gasteiger partial charge in [-0.25, -0.2) is 0 Å². The van der Waals surface area contributed by atoms with Crippen molar-refractivity contribution < 1.29 is 4.74 Å². The normalized spacial score (nSPS) is 17.9. The van der Waals surface area contributed by atoms with E-state index >= 15 is 0 Å². The Hall–Kier alpha value is -1.06. The molecule has 1 atom stereocenters. The van der Waals surface area contributed by atoms with E-state index in [0.717, 1.165) is 51.4 Å². The highest BCUT2D eigenvalue weighted by atomic mass is 16.5. The molecule has 118 valence electrons. The van der Waals surface area contributed by atoms with Crippen LogP contribution in [-0.4, -0.2) is 43.7 Å². The molecular weight excluding hydrogens is 260 g/mol.